The van der Waals surface area contributed by atoms with Crippen LogP contribution in [0, 0.1) is 0 Å². The quantitative estimate of drug-likeness (QED) is 0.889. The van der Waals surface area contributed by atoms with Gasteiger partial charge < -0.3 is 5.32 Å². The first-order chi connectivity index (χ1) is 9.24. The first kappa shape index (κ1) is 13.8. The molecular weight excluding hydrogens is 258 g/mol. The zero-order valence-corrected chi connectivity index (χ0v) is 12.0. The van der Waals surface area contributed by atoms with E-state index in [0.717, 1.165) is 36.5 Å². The van der Waals surface area contributed by atoms with Crippen molar-refractivity contribution in [3.8, 4) is 11.4 Å². The van der Waals surface area contributed by atoms with E-state index in [4.69, 9.17) is 11.6 Å². The third kappa shape index (κ3) is 3.44. The lowest BCUT2D eigenvalue weighted by Gasteiger charge is -2.09. The number of hydrogen-bond acceptors (Lipinski definition) is 3. The zero-order chi connectivity index (χ0) is 13.7. The molecule has 0 fully saturated rings. The van der Waals surface area contributed by atoms with Crippen LogP contribution in [0.4, 0.5) is 5.82 Å². The second-order valence-electron chi connectivity index (χ2n) is 4.33. The third-order valence-corrected chi connectivity index (χ3v) is 3.14. The van der Waals surface area contributed by atoms with Gasteiger partial charge in [-0.25, -0.2) is 9.97 Å². The number of aryl methyl sites for hydroxylation is 1. The minimum Gasteiger partial charge on any atom is -0.370 e. The Labute approximate surface area is 119 Å². The van der Waals surface area contributed by atoms with Crippen LogP contribution in [-0.2, 0) is 6.42 Å². The van der Waals surface area contributed by atoms with Gasteiger partial charge in [0.05, 0.1) is 5.02 Å². The van der Waals surface area contributed by atoms with Crippen molar-refractivity contribution in [3.63, 3.8) is 0 Å². The molecule has 0 aliphatic carbocycles. The number of benzene rings is 1. The molecule has 1 heterocycles. The van der Waals surface area contributed by atoms with Crippen molar-refractivity contribution >= 4 is 17.4 Å². The summed E-state index contributed by atoms with van der Waals surface area (Å²) in [6.45, 7) is 5.12. The topological polar surface area (TPSA) is 37.8 Å². The van der Waals surface area contributed by atoms with Crippen LogP contribution in [0.5, 0.6) is 0 Å². The van der Waals surface area contributed by atoms with Crippen LogP contribution in [0.15, 0.2) is 30.3 Å². The Morgan fingerprint density at radius 3 is 2.63 bits per heavy atom. The van der Waals surface area contributed by atoms with E-state index in [2.05, 4.69) is 29.1 Å². The molecule has 2 aromatic rings. The molecule has 0 spiro atoms. The maximum absolute atomic E-state index is 6.21. The number of hydrogen-bond donors (Lipinski definition) is 1. The summed E-state index contributed by atoms with van der Waals surface area (Å²) >= 11 is 6.21. The van der Waals surface area contributed by atoms with Crippen molar-refractivity contribution in [2.75, 3.05) is 11.9 Å². The van der Waals surface area contributed by atoms with E-state index < -0.39 is 0 Å². The largest absolute Gasteiger partial charge is 0.370 e. The van der Waals surface area contributed by atoms with E-state index in [0.29, 0.717) is 10.8 Å². The van der Waals surface area contributed by atoms with Gasteiger partial charge in [0.2, 0.25) is 0 Å². The number of nitrogens with zero attached hydrogens (tertiary/aromatic N) is 2. The average Bonchev–Trinajstić information content (AvgIpc) is 2.45. The van der Waals surface area contributed by atoms with Crippen LogP contribution in [0.1, 0.15) is 26.0 Å². The highest BCUT2D eigenvalue weighted by Gasteiger charge is 2.08. The third-order valence-electron chi connectivity index (χ3n) is 2.81. The highest BCUT2D eigenvalue weighted by molar-refractivity contribution is 6.33. The Bertz CT molecular complexity index is 555. The van der Waals surface area contributed by atoms with Crippen molar-refractivity contribution in [3.05, 3.63) is 41.0 Å². The van der Waals surface area contributed by atoms with Gasteiger partial charge in [0.15, 0.2) is 5.82 Å². The Morgan fingerprint density at radius 2 is 1.95 bits per heavy atom. The summed E-state index contributed by atoms with van der Waals surface area (Å²) in [5, 5.41) is 3.98. The summed E-state index contributed by atoms with van der Waals surface area (Å²) in [6.07, 6.45) is 1.94. The maximum Gasteiger partial charge on any atom is 0.163 e. The van der Waals surface area contributed by atoms with Crippen LogP contribution in [-0.4, -0.2) is 16.5 Å². The molecule has 0 bridgehead atoms. The van der Waals surface area contributed by atoms with Crippen LogP contribution in [0.25, 0.3) is 11.4 Å². The molecule has 100 valence electrons. The number of aromatic nitrogens is 2. The van der Waals surface area contributed by atoms with Crippen molar-refractivity contribution in [1.82, 2.24) is 9.97 Å². The van der Waals surface area contributed by atoms with Crippen molar-refractivity contribution in [2.24, 2.45) is 0 Å². The smallest absolute Gasteiger partial charge is 0.163 e. The van der Waals surface area contributed by atoms with Crippen molar-refractivity contribution in [1.29, 1.82) is 0 Å². The van der Waals surface area contributed by atoms with E-state index in [-0.39, 0.29) is 0 Å². The Hall–Kier alpha value is -1.61. The molecule has 1 aromatic carbocycles. The predicted octanol–water partition coefficient (Wildman–Crippen LogP) is 4.18. The average molecular weight is 276 g/mol. The molecule has 4 heteroatoms. The minimum absolute atomic E-state index is 0.678. The van der Waals surface area contributed by atoms with E-state index >= 15 is 0 Å². The fourth-order valence-electron chi connectivity index (χ4n) is 1.79. The van der Waals surface area contributed by atoms with Crippen LogP contribution >= 0.6 is 11.6 Å². The van der Waals surface area contributed by atoms with Gasteiger partial charge >= 0.3 is 0 Å². The molecule has 0 atom stereocenters. The highest BCUT2D eigenvalue weighted by atomic mass is 35.5. The monoisotopic (exact) mass is 275 g/mol. The molecule has 1 N–H and O–H groups in total. The summed E-state index contributed by atoms with van der Waals surface area (Å²) in [5.74, 6) is 1.55. The summed E-state index contributed by atoms with van der Waals surface area (Å²) in [7, 11) is 0. The van der Waals surface area contributed by atoms with Crippen LogP contribution < -0.4 is 5.32 Å². The molecule has 0 unspecified atom stereocenters. The first-order valence-electron chi connectivity index (χ1n) is 6.61. The second-order valence-corrected chi connectivity index (χ2v) is 4.74. The minimum atomic E-state index is 0.678. The lowest BCUT2D eigenvalue weighted by Crippen LogP contribution is -2.05. The number of halogens is 1. The lowest BCUT2D eigenvalue weighted by molar-refractivity contribution is 0.951. The molecule has 19 heavy (non-hydrogen) atoms. The van der Waals surface area contributed by atoms with Gasteiger partial charge in [0.25, 0.3) is 0 Å². The predicted molar refractivity (Wildman–Crippen MR) is 80.6 cm³/mol. The van der Waals surface area contributed by atoms with Gasteiger partial charge in [-0.05, 0) is 25.0 Å². The number of anilines is 1. The standard InChI is InChI=1S/C15H18ClN3/c1-3-9-17-14-10-11(4-2)18-15(19-14)12-7-5-6-8-13(12)16/h5-8,10H,3-4,9H2,1-2H3,(H,17,18,19). The molecule has 2 rings (SSSR count). The van der Waals surface area contributed by atoms with E-state index in [9.17, 15) is 0 Å². The Morgan fingerprint density at radius 1 is 1.16 bits per heavy atom. The van der Waals surface area contributed by atoms with Gasteiger partial charge in [0.1, 0.15) is 5.82 Å². The Balaban J connectivity index is 2.42. The fourth-order valence-corrected chi connectivity index (χ4v) is 2.01. The maximum atomic E-state index is 6.21. The van der Waals surface area contributed by atoms with E-state index in [1.54, 1.807) is 0 Å². The molecule has 0 aliphatic rings. The highest BCUT2D eigenvalue weighted by Crippen LogP contribution is 2.25. The van der Waals surface area contributed by atoms with Gasteiger partial charge in [-0.1, -0.05) is 37.6 Å². The van der Waals surface area contributed by atoms with Crippen molar-refractivity contribution in [2.45, 2.75) is 26.7 Å². The summed E-state index contributed by atoms with van der Waals surface area (Å²) in [6, 6.07) is 9.66. The van der Waals surface area contributed by atoms with Gasteiger partial charge in [-0.2, -0.15) is 0 Å². The Kier molecular flexibility index (Phi) is 4.74. The molecule has 0 saturated carbocycles. The summed E-state index contributed by atoms with van der Waals surface area (Å²) < 4.78 is 0. The summed E-state index contributed by atoms with van der Waals surface area (Å²) in [4.78, 5) is 9.10. The van der Waals surface area contributed by atoms with Gasteiger partial charge in [-0.15, -0.1) is 0 Å². The zero-order valence-electron chi connectivity index (χ0n) is 11.3. The van der Waals surface area contributed by atoms with Crippen LogP contribution in [0.2, 0.25) is 5.02 Å². The van der Waals surface area contributed by atoms with Crippen molar-refractivity contribution < 1.29 is 0 Å². The van der Waals surface area contributed by atoms with Crippen LogP contribution in [0.3, 0.4) is 0 Å². The van der Waals surface area contributed by atoms with E-state index in [1.165, 1.54) is 0 Å². The van der Waals surface area contributed by atoms with E-state index in [1.807, 2.05) is 30.3 Å². The molecule has 0 aliphatic heterocycles. The molecule has 0 saturated heterocycles. The molecule has 0 amide bonds. The molecule has 1 aromatic heterocycles. The molecular formula is C15H18ClN3. The van der Waals surface area contributed by atoms with Gasteiger partial charge in [0, 0.05) is 23.9 Å². The second kappa shape index (κ2) is 6.53. The fraction of sp³-hybridized carbons (Fsp3) is 0.333. The normalized spacial score (nSPS) is 10.5. The summed E-state index contributed by atoms with van der Waals surface area (Å²) in [5.41, 5.74) is 1.89. The molecule has 3 nitrogen and oxygen atoms in total. The first-order valence-corrected chi connectivity index (χ1v) is 6.99. The SMILES string of the molecule is CCCNc1cc(CC)nc(-c2ccccc2Cl)n1. The number of rotatable bonds is 5. The van der Waals surface area contributed by atoms with Gasteiger partial charge in [-0.3, -0.25) is 0 Å². The number of nitrogens with one attached hydrogen (secondary N) is 1. The molecule has 0 radical (unpaired) electrons. The lowest BCUT2D eigenvalue weighted by atomic mass is 10.2.